The van der Waals surface area contributed by atoms with Crippen LogP contribution in [0.15, 0.2) is 0 Å². The molecule has 0 aliphatic carbocycles. The molecule has 0 bridgehead atoms. The van der Waals surface area contributed by atoms with Gasteiger partial charge in [0.1, 0.15) is 18.1 Å². The predicted molar refractivity (Wildman–Crippen MR) is 113 cm³/mol. The molecule has 0 aromatic rings. The molecule has 4 unspecified atom stereocenters. The van der Waals surface area contributed by atoms with Gasteiger partial charge >= 0.3 is 5.97 Å². The molecule has 10 nitrogen and oxygen atoms in total. The number of rotatable bonds is 14. The summed E-state index contributed by atoms with van der Waals surface area (Å²) in [5.41, 5.74) is 11.4. The minimum absolute atomic E-state index is 0.0414. The third-order valence-electron chi connectivity index (χ3n) is 4.19. The van der Waals surface area contributed by atoms with Gasteiger partial charge in [-0.2, -0.15) is 12.6 Å². The number of carbonyl (C=O) groups is 4. The van der Waals surface area contributed by atoms with Crippen LogP contribution in [-0.2, 0) is 19.2 Å². The zero-order chi connectivity index (χ0) is 22.6. The van der Waals surface area contributed by atoms with Crippen LogP contribution >= 0.6 is 12.6 Å². The lowest BCUT2D eigenvalue weighted by Crippen LogP contribution is -2.57. The van der Waals surface area contributed by atoms with Crippen molar-refractivity contribution >= 4 is 36.3 Å². The van der Waals surface area contributed by atoms with Gasteiger partial charge in [0, 0.05) is 5.75 Å². The number of aliphatic carboxylic acids is 1. The van der Waals surface area contributed by atoms with Gasteiger partial charge in [-0.25, -0.2) is 0 Å². The molecule has 8 N–H and O–H groups in total. The molecule has 0 rings (SSSR count). The maximum absolute atomic E-state index is 12.7. The van der Waals surface area contributed by atoms with Gasteiger partial charge < -0.3 is 32.5 Å². The molecule has 0 aromatic heterocycles. The average Bonchev–Trinajstić information content (AvgIpc) is 2.64. The number of unbranched alkanes of at least 4 members (excludes halogenated alkanes) is 1. The van der Waals surface area contributed by atoms with Crippen molar-refractivity contribution in [2.75, 3.05) is 12.3 Å². The highest BCUT2D eigenvalue weighted by Gasteiger charge is 2.28. The molecular weight excluding hydrogens is 398 g/mol. The summed E-state index contributed by atoms with van der Waals surface area (Å²) in [7, 11) is 0. The van der Waals surface area contributed by atoms with Crippen LogP contribution < -0.4 is 27.4 Å². The number of thiol groups is 1. The Bertz CT molecular complexity index is 561. The van der Waals surface area contributed by atoms with Gasteiger partial charge in [-0.3, -0.25) is 19.2 Å². The lowest BCUT2D eigenvalue weighted by Gasteiger charge is -2.24. The number of nitrogens with two attached hydrogens (primary N) is 2. The fraction of sp³-hybridized carbons (Fsp3) is 0.778. The summed E-state index contributed by atoms with van der Waals surface area (Å²) in [5, 5.41) is 16.3. The smallest absolute Gasteiger partial charge is 0.325 e. The molecule has 0 fully saturated rings. The molecule has 0 saturated heterocycles. The molecule has 0 aliphatic rings. The SMILES string of the molecule is CC(C)CC(N)C(=O)NC(CCCCN)C(=O)NC(CS)C(=O)NC(C)C(=O)O. The summed E-state index contributed by atoms with van der Waals surface area (Å²) in [5.74, 6) is -2.71. The van der Waals surface area contributed by atoms with Gasteiger partial charge in [-0.15, -0.1) is 0 Å². The summed E-state index contributed by atoms with van der Waals surface area (Å²) < 4.78 is 0. The van der Waals surface area contributed by atoms with Gasteiger partial charge in [-0.05, 0) is 45.1 Å². The number of nitrogens with one attached hydrogen (secondary N) is 3. The molecule has 3 amide bonds. The number of hydrogen-bond donors (Lipinski definition) is 7. The molecule has 0 aromatic carbocycles. The lowest BCUT2D eigenvalue weighted by molar-refractivity contribution is -0.141. The number of hydrogen-bond acceptors (Lipinski definition) is 7. The summed E-state index contributed by atoms with van der Waals surface area (Å²) >= 11 is 4.05. The normalized spacial score (nSPS) is 15.1. The number of amides is 3. The van der Waals surface area contributed by atoms with Crippen molar-refractivity contribution in [1.29, 1.82) is 0 Å². The van der Waals surface area contributed by atoms with E-state index in [1.807, 2.05) is 13.8 Å². The van der Waals surface area contributed by atoms with Crippen molar-refractivity contribution in [3.8, 4) is 0 Å². The second-order valence-corrected chi connectivity index (χ2v) is 7.76. The van der Waals surface area contributed by atoms with E-state index in [0.29, 0.717) is 32.2 Å². The van der Waals surface area contributed by atoms with Crippen molar-refractivity contribution in [3.63, 3.8) is 0 Å². The van der Waals surface area contributed by atoms with E-state index < -0.39 is 47.9 Å². The van der Waals surface area contributed by atoms with Crippen LogP contribution in [0.4, 0.5) is 0 Å². The zero-order valence-electron chi connectivity index (χ0n) is 17.3. The first kappa shape index (κ1) is 27.1. The quantitative estimate of drug-likeness (QED) is 0.135. The van der Waals surface area contributed by atoms with E-state index in [4.69, 9.17) is 16.6 Å². The van der Waals surface area contributed by atoms with E-state index in [1.54, 1.807) is 0 Å². The zero-order valence-corrected chi connectivity index (χ0v) is 18.2. The fourth-order valence-corrected chi connectivity index (χ4v) is 2.75. The highest BCUT2D eigenvalue weighted by molar-refractivity contribution is 7.80. The highest BCUT2D eigenvalue weighted by atomic mass is 32.1. The molecule has 0 spiro atoms. The third kappa shape index (κ3) is 11.1. The summed E-state index contributed by atoms with van der Waals surface area (Å²) in [4.78, 5) is 48.1. The van der Waals surface area contributed by atoms with Crippen LogP contribution in [0.1, 0.15) is 46.5 Å². The fourth-order valence-electron chi connectivity index (χ4n) is 2.50. The molecule has 0 saturated carbocycles. The Labute approximate surface area is 177 Å². The summed E-state index contributed by atoms with van der Waals surface area (Å²) in [6, 6.07) is -3.80. The minimum atomic E-state index is -1.20. The van der Waals surface area contributed by atoms with Crippen LogP contribution in [0.2, 0.25) is 0 Å². The third-order valence-corrected chi connectivity index (χ3v) is 4.55. The molecule has 0 heterocycles. The topological polar surface area (TPSA) is 177 Å². The van der Waals surface area contributed by atoms with E-state index >= 15 is 0 Å². The number of carbonyl (C=O) groups excluding carboxylic acids is 3. The molecule has 4 atom stereocenters. The van der Waals surface area contributed by atoms with Gasteiger partial charge in [0.05, 0.1) is 6.04 Å². The Kier molecular flexibility index (Phi) is 13.3. The van der Waals surface area contributed by atoms with Gasteiger partial charge in [0.15, 0.2) is 0 Å². The Morgan fingerprint density at radius 1 is 0.931 bits per heavy atom. The van der Waals surface area contributed by atoms with Crippen LogP contribution in [0, 0.1) is 5.92 Å². The van der Waals surface area contributed by atoms with E-state index in [9.17, 15) is 19.2 Å². The molecule has 168 valence electrons. The Balaban J connectivity index is 5.09. The Hall–Kier alpha value is -1.85. The van der Waals surface area contributed by atoms with Gasteiger partial charge in [-0.1, -0.05) is 13.8 Å². The molecule has 0 aliphatic heterocycles. The van der Waals surface area contributed by atoms with E-state index in [0.717, 1.165) is 0 Å². The van der Waals surface area contributed by atoms with Crippen molar-refractivity contribution < 1.29 is 24.3 Å². The van der Waals surface area contributed by atoms with E-state index in [2.05, 4.69) is 28.6 Å². The second kappa shape index (κ2) is 14.2. The maximum Gasteiger partial charge on any atom is 0.325 e. The Morgan fingerprint density at radius 2 is 1.48 bits per heavy atom. The molecule has 29 heavy (non-hydrogen) atoms. The lowest BCUT2D eigenvalue weighted by atomic mass is 10.0. The van der Waals surface area contributed by atoms with E-state index in [1.165, 1.54) is 6.92 Å². The first-order chi connectivity index (χ1) is 13.5. The molecule has 0 radical (unpaired) electrons. The first-order valence-electron chi connectivity index (χ1n) is 9.73. The number of carboxylic acids is 1. The van der Waals surface area contributed by atoms with Crippen LogP contribution in [0.5, 0.6) is 0 Å². The van der Waals surface area contributed by atoms with Gasteiger partial charge in [0.25, 0.3) is 0 Å². The standard InChI is InChI=1S/C18H35N5O5S/c1-10(2)8-12(20)15(24)22-13(6-4-5-7-19)16(25)23-14(9-29)17(26)21-11(3)18(27)28/h10-14,29H,4-9,19-20H2,1-3H3,(H,21,26)(H,22,24)(H,23,25)(H,27,28). The number of carboxylic acid groups (broad SMARTS) is 1. The largest absolute Gasteiger partial charge is 0.480 e. The monoisotopic (exact) mass is 433 g/mol. The van der Waals surface area contributed by atoms with Crippen molar-refractivity contribution in [2.45, 2.75) is 70.6 Å². The average molecular weight is 434 g/mol. The van der Waals surface area contributed by atoms with Crippen molar-refractivity contribution in [1.82, 2.24) is 16.0 Å². The van der Waals surface area contributed by atoms with E-state index in [-0.39, 0.29) is 11.7 Å². The summed E-state index contributed by atoms with van der Waals surface area (Å²) in [6.45, 7) is 5.63. The highest BCUT2D eigenvalue weighted by Crippen LogP contribution is 2.06. The maximum atomic E-state index is 12.7. The Morgan fingerprint density at radius 3 is 1.97 bits per heavy atom. The second-order valence-electron chi connectivity index (χ2n) is 7.39. The van der Waals surface area contributed by atoms with Gasteiger partial charge in [0.2, 0.25) is 17.7 Å². The molecule has 11 heteroatoms. The van der Waals surface area contributed by atoms with Crippen molar-refractivity contribution in [2.24, 2.45) is 17.4 Å². The minimum Gasteiger partial charge on any atom is -0.480 e. The molecular formula is C18H35N5O5S. The summed E-state index contributed by atoms with van der Waals surface area (Å²) in [6.07, 6.45) is 2.07. The first-order valence-corrected chi connectivity index (χ1v) is 10.4. The van der Waals surface area contributed by atoms with Crippen LogP contribution in [-0.4, -0.2) is 65.3 Å². The van der Waals surface area contributed by atoms with Crippen molar-refractivity contribution in [3.05, 3.63) is 0 Å². The van der Waals surface area contributed by atoms with Crippen LogP contribution in [0.25, 0.3) is 0 Å². The van der Waals surface area contributed by atoms with Crippen LogP contribution in [0.3, 0.4) is 0 Å². The predicted octanol–water partition coefficient (Wildman–Crippen LogP) is -1.02.